The van der Waals surface area contributed by atoms with Crippen LogP contribution >= 0.6 is 35.3 Å². The van der Waals surface area contributed by atoms with Crippen molar-refractivity contribution in [3.8, 4) is 0 Å². The molecule has 0 amide bonds. The lowest BCUT2D eigenvalue weighted by atomic mass is 10.3. The normalized spacial score (nSPS) is 15.4. The van der Waals surface area contributed by atoms with Crippen molar-refractivity contribution in [3.63, 3.8) is 0 Å². The highest BCUT2D eigenvalue weighted by Gasteiger charge is 2.19. The first-order chi connectivity index (χ1) is 10.9. The van der Waals surface area contributed by atoms with E-state index in [4.69, 9.17) is 0 Å². The molecule has 2 aromatic rings. The first kappa shape index (κ1) is 18.1. The molecule has 0 aromatic carbocycles. The van der Waals surface area contributed by atoms with E-state index in [9.17, 15) is 0 Å². The Labute approximate surface area is 158 Å². The van der Waals surface area contributed by atoms with Crippen LogP contribution < -0.4 is 10.2 Å². The van der Waals surface area contributed by atoms with Gasteiger partial charge >= 0.3 is 0 Å². The lowest BCUT2D eigenvalue weighted by molar-refractivity contribution is 0.372. The fourth-order valence-electron chi connectivity index (χ4n) is 2.64. The summed E-state index contributed by atoms with van der Waals surface area (Å²) < 4.78 is 1.93. The summed E-state index contributed by atoms with van der Waals surface area (Å²) in [6.07, 6.45) is 3.78. The van der Waals surface area contributed by atoms with Gasteiger partial charge < -0.3 is 15.1 Å². The Kier molecular flexibility index (Phi) is 7.15. The van der Waals surface area contributed by atoms with Gasteiger partial charge in [0.25, 0.3) is 0 Å². The third-order valence-electron chi connectivity index (χ3n) is 3.79. The molecule has 126 valence electrons. The second kappa shape index (κ2) is 9.11. The number of anilines is 1. The van der Waals surface area contributed by atoms with E-state index in [1.54, 1.807) is 6.20 Å². The number of nitrogens with one attached hydrogen (secondary N) is 1. The van der Waals surface area contributed by atoms with Gasteiger partial charge in [0.1, 0.15) is 0 Å². The number of rotatable bonds is 4. The average Bonchev–Trinajstić information content (AvgIpc) is 3.25. The summed E-state index contributed by atoms with van der Waals surface area (Å²) in [4.78, 5) is 9.17. The first-order valence-corrected chi connectivity index (χ1v) is 8.46. The van der Waals surface area contributed by atoms with Gasteiger partial charge in [0.2, 0.25) is 0 Å². The monoisotopic (exact) mass is 446 g/mol. The third-order valence-corrected chi connectivity index (χ3v) is 4.72. The molecular weight excluding hydrogens is 423 g/mol. The summed E-state index contributed by atoms with van der Waals surface area (Å²) in [6, 6.07) is 6.25. The number of thiophene rings is 1. The van der Waals surface area contributed by atoms with Crippen LogP contribution in [0.25, 0.3) is 0 Å². The maximum Gasteiger partial charge on any atom is 0.193 e. The molecule has 23 heavy (non-hydrogen) atoms. The highest BCUT2D eigenvalue weighted by molar-refractivity contribution is 14.0. The van der Waals surface area contributed by atoms with Crippen LogP contribution in [-0.2, 0) is 6.54 Å². The summed E-state index contributed by atoms with van der Waals surface area (Å²) in [5, 5.41) is 11.1. The van der Waals surface area contributed by atoms with E-state index in [-0.39, 0.29) is 24.0 Å². The third kappa shape index (κ3) is 4.84. The average molecular weight is 446 g/mol. The van der Waals surface area contributed by atoms with E-state index in [1.165, 1.54) is 5.00 Å². The minimum atomic E-state index is 0. The maximum atomic E-state index is 4.40. The second-order valence-electron chi connectivity index (χ2n) is 5.17. The Bertz CT molecular complexity index is 575. The van der Waals surface area contributed by atoms with Crippen LogP contribution in [0.15, 0.2) is 41.0 Å². The zero-order valence-corrected chi connectivity index (χ0v) is 16.4. The van der Waals surface area contributed by atoms with Crippen LogP contribution in [-0.4, -0.2) is 60.4 Å². The van der Waals surface area contributed by atoms with Crippen molar-refractivity contribution in [1.29, 1.82) is 0 Å². The van der Waals surface area contributed by atoms with Crippen molar-refractivity contribution in [2.45, 2.75) is 6.54 Å². The van der Waals surface area contributed by atoms with Crippen LogP contribution in [0.4, 0.5) is 5.00 Å². The van der Waals surface area contributed by atoms with Crippen LogP contribution in [0.1, 0.15) is 0 Å². The Morgan fingerprint density at radius 1 is 1.30 bits per heavy atom. The molecule has 0 spiro atoms. The SMILES string of the molecule is CN=C(NCCn1cccn1)N1CCN(c2cccs2)CC1.I. The summed E-state index contributed by atoms with van der Waals surface area (Å²) in [7, 11) is 1.85. The molecule has 1 N–H and O–H groups in total. The number of piperazine rings is 1. The van der Waals surface area contributed by atoms with Crippen molar-refractivity contribution in [1.82, 2.24) is 20.0 Å². The van der Waals surface area contributed by atoms with Crippen molar-refractivity contribution < 1.29 is 0 Å². The van der Waals surface area contributed by atoms with E-state index in [0.717, 1.165) is 45.2 Å². The molecular formula is C15H23IN6S. The molecule has 0 radical (unpaired) electrons. The molecule has 1 fully saturated rings. The van der Waals surface area contributed by atoms with Gasteiger partial charge in [0, 0.05) is 52.2 Å². The first-order valence-electron chi connectivity index (χ1n) is 7.58. The molecule has 8 heteroatoms. The molecule has 3 heterocycles. The Hall–Kier alpha value is -1.29. The van der Waals surface area contributed by atoms with Crippen molar-refractivity contribution >= 4 is 46.3 Å². The van der Waals surface area contributed by atoms with Gasteiger partial charge in [-0.25, -0.2) is 0 Å². The lowest BCUT2D eigenvalue weighted by Crippen LogP contribution is -2.52. The van der Waals surface area contributed by atoms with Crippen LogP contribution in [0, 0.1) is 0 Å². The predicted octanol–water partition coefficient (Wildman–Crippen LogP) is 1.96. The number of halogens is 1. The van der Waals surface area contributed by atoms with Crippen LogP contribution in [0.2, 0.25) is 0 Å². The molecule has 0 saturated carbocycles. The maximum absolute atomic E-state index is 4.40. The number of hydrogen-bond acceptors (Lipinski definition) is 4. The molecule has 3 rings (SSSR count). The van der Waals surface area contributed by atoms with E-state index in [0.29, 0.717) is 0 Å². The lowest BCUT2D eigenvalue weighted by Gasteiger charge is -2.37. The number of guanidine groups is 1. The number of hydrogen-bond donors (Lipinski definition) is 1. The number of aromatic nitrogens is 2. The molecule has 0 aliphatic carbocycles. The smallest absolute Gasteiger partial charge is 0.193 e. The summed E-state index contributed by atoms with van der Waals surface area (Å²) in [5.74, 6) is 0.984. The molecule has 0 unspecified atom stereocenters. The predicted molar refractivity (Wildman–Crippen MR) is 107 cm³/mol. The number of nitrogens with zero attached hydrogens (tertiary/aromatic N) is 5. The highest BCUT2D eigenvalue weighted by Crippen LogP contribution is 2.22. The summed E-state index contributed by atoms with van der Waals surface area (Å²) >= 11 is 1.81. The van der Waals surface area contributed by atoms with Crippen LogP contribution in [0.5, 0.6) is 0 Å². The summed E-state index contributed by atoms with van der Waals surface area (Å²) in [6.45, 7) is 5.76. The molecule has 1 aliphatic heterocycles. The van der Waals surface area contributed by atoms with Crippen LogP contribution in [0.3, 0.4) is 0 Å². The number of aliphatic imine (C=N–C) groups is 1. The van der Waals surface area contributed by atoms with Gasteiger partial charge in [-0.05, 0) is 23.6 Å². The molecule has 0 bridgehead atoms. The molecule has 1 saturated heterocycles. The summed E-state index contributed by atoms with van der Waals surface area (Å²) in [5.41, 5.74) is 0. The fraction of sp³-hybridized carbons (Fsp3) is 0.467. The van der Waals surface area contributed by atoms with E-state index in [2.05, 4.69) is 42.7 Å². The zero-order chi connectivity index (χ0) is 15.2. The minimum Gasteiger partial charge on any atom is -0.360 e. The Morgan fingerprint density at radius 3 is 2.74 bits per heavy atom. The van der Waals surface area contributed by atoms with Gasteiger partial charge in [-0.15, -0.1) is 35.3 Å². The van der Waals surface area contributed by atoms with E-state index in [1.807, 2.05) is 35.3 Å². The van der Waals surface area contributed by atoms with Crippen molar-refractivity contribution in [3.05, 3.63) is 36.0 Å². The molecule has 2 aromatic heterocycles. The minimum absolute atomic E-state index is 0. The quantitative estimate of drug-likeness (QED) is 0.443. The topological polar surface area (TPSA) is 48.7 Å². The largest absolute Gasteiger partial charge is 0.360 e. The Morgan fingerprint density at radius 2 is 2.13 bits per heavy atom. The molecule has 6 nitrogen and oxygen atoms in total. The van der Waals surface area contributed by atoms with Gasteiger partial charge in [0.05, 0.1) is 11.5 Å². The molecule has 0 atom stereocenters. The second-order valence-corrected chi connectivity index (χ2v) is 6.09. The van der Waals surface area contributed by atoms with Gasteiger partial charge in [-0.2, -0.15) is 5.10 Å². The fourth-order valence-corrected chi connectivity index (χ4v) is 3.42. The standard InChI is InChI=1S/C15H22N6S.HI/c1-16-15(17-6-8-21-7-3-5-18-21)20-11-9-19(10-12-20)14-4-2-13-22-14;/h2-5,7,13H,6,8-12H2,1H3,(H,16,17);1H. The highest BCUT2D eigenvalue weighted by atomic mass is 127. The molecule has 1 aliphatic rings. The van der Waals surface area contributed by atoms with Gasteiger partial charge in [-0.3, -0.25) is 9.67 Å². The van der Waals surface area contributed by atoms with Gasteiger partial charge in [-0.1, -0.05) is 0 Å². The van der Waals surface area contributed by atoms with Gasteiger partial charge in [0.15, 0.2) is 5.96 Å². The Balaban J connectivity index is 0.00000192. The van der Waals surface area contributed by atoms with E-state index >= 15 is 0 Å². The van der Waals surface area contributed by atoms with E-state index < -0.39 is 0 Å². The van der Waals surface area contributed by atoms with Crippen molar-refractivity contribution in [2.75, 3.05) is 44.7 Å². The zero-order valence-electron chi connectivity index (χ0n) is 13.3. The van der Waals surface area contributed by atoms with Crippen molar-refractivity contribution in [2.24, 2.45) is 4.99 Å².